The second-order valence-corrected chi connectivity index (χ2v) is 6.73. The number of halogens is 1. The van der Waals surface area contributed by atoms with Crippen molar-refractivity contribution in [1.82, 2.24) is 21.2 Å². The number of hydrazine groups is 1. The molecule has 25 heavy (non-hydrogen) atoms. The quantitative estimate of drug-likeness (QED) is 0.727. The first kappa shape index (κ1) is 16.2. The Morgan fingerprint density at radius 3 is 2.92 bits per heavy atom. The Kier molecular flexibility index (Phi) is 4.22. The van der Waals surface area contributed by atoms with E-state index in [-0.39, 0.29) is 35.6 Å². The zero-order valence-corrected chi connectivity index (χ0v) is 13.7. The lowest BCUT2D eigenvalue weighted by molar-refractivity contribution is -0.126. The van der Waals surface area contributed by atoms with Crippen LogP contribution < -0.4 is 16.3 Å². The lowest BCUT2D eigenvalue weighted by Gasteiger charge is -2.36. The number of hydrazone groups is 1. The summed E-state index contributed by atoms with van der Waals surface area (Å²) in [5.74, 6) is -0.397. The number of carbonyl (C=O) groups excluding carboxylic acids is 2. The highest BCUT2D eigenvalue weighted by molar-refractivity contribution is 6.39. The molecule has 3 heterocycles. The van der Waals surface area contributed by atoms with Crippen LogP contribution in [0.2, 0.25) is 0 Å². The van der Waals surface area contributed by atoms with Gasteiger partial charge in [-0.15, -0.1) is 0 Å². The maximum absolute atomic E-state index is 13.6. The van der Waals surface area contributed by atoms with Gasteiger partial charge in [-0.05, 0) is 24.1 Å². The van der Waals surface area contributed by atoms with Gasteiger partial charge < -0.3 is 4.90 Å². The third-order valence-corrected chi connectivity index (χ3v) is 5.16. The first-order valence-corrected chi connectivity index (χ1v) is 8.53. The molecular formula is C17H20FN5O2. The van der Waals surface area contributed by atoms with Crippen LogP contribution in [0.25, 0.3) is 0 Å². The second kappa shape index (κ2) is 6.53. The van der Waals surface area contributed by atoms with E-state index in [9.17, 15) is 14.0 Å². The minimum Gasteiger partial charge on any atom is -0.337 e. The number of nitrogens with one attached hydrogen (secondary N) is 3. The van der Waals surface area contributed by atoms with Crippen molar-refractivity contribution < 1.29 is 14.0 Å². The SMILES string of the molecule is O=C1CCC(C(=O)N2CCC3NNC(c4cccc(F)c4)C3C2)=NN1. The average molecular weight is 345 g/mol. The van der Waals surface area contributed by atoms with E-state index in [0.29, 0.717) is 31.6 Å². The fourth-order valence-electron chi connectivity index (χ4n) is 3.83. The monoisotopic (exact) mass is 345 g/mol. The molecule has 0 aromatic heterocycles. The number of hydrogen-bond donors (Lipinski definition) is 3. The van der Waals surface area contributed by atoms with Crippen molar-refractivity contribution >= 4 is 17.5 Å². The molecule has 3 aliphatic rings. The van der Waals surface area contributed by atoms with E-state index >= 15 is 0 Å². The highest BCUT2D eigenvalue weighted by atomic mass is 19.1. The normalized spacial score (nSPS) is 29.0. The van der Waals surface area contributed by atoms with Crippen molar-refractivity contribution in [3.63, 3.8) is 0 Å². The number of hydrogen-bond acceptors (Lipinski definition) is 5. The highest BCUT2D eigenvalue weighted by Crippen LogP contribution is 2.34. The highest BCUT2D eigenvalue weighted by Gasteiger charge is 2.42. The first-order valence-electron chi connectivity index (χ1n) is 8.53. The zero-order chi connectivity index (χ0) is 17.4. The van der Waals surface area contributed by atoms with Crippen molar-refractivity contribution in [3.05, 3.63) is 35.6 Å². The zero-order valence-electron chi connectivity index (χ0n) is 13.7. The molecule has 8 heteroatoms. The predicted octanol–water partition coefficient (Wildman–Crippen LogP) is 0.458. The number of amides is 2. The molecule has 1 aromatic rings. The third-order valence-electron chi connectivity index (χ3n) is 5.16. The van der Waals surface area contributed by atoms with E-state index in [2.05, 4.69) is 21.4 Å². The largest absolute Gasteiger partial charge is 0.337 e. The summed E-state index contributed by atoms with van der Waals surface area (Å²) < 4.78 is 13.6. The Bertz CT molecular complexity index is 738. The summed E-state index contributed by atoms with van der Waals surface area (Å²) in [7, 11) is 0. The standard InChI is InChI=1S/C17H20FN5O2/c18-11-3-1-2-10(8-11)16-12-9-23(7-6-13(12)19-22-16)17(25)14-4-5-15(24)21-20-14/h1-3,8,12-13,16,19,22H,4-7,9H2,(H,21,24). The molecule has 0 aliphatic carbocycles. The molecule has 7 nitrogen and oxygen atoms in total. The third kappa shape index (κ3) is 3.14. The van der Waals surface area contributed by atoms with Crippen LogP contribution in [-0.4, -0.2) is 41.6 Å². The van der Waals surface area contributed by atoms with Crippen LogP contribution in [0, 0.1) is 11.7 Å². The van der Waals surface area contributed by atoms with Gasteiger partial charge in [-0.3, -0.25) is 15.0 Å². The Labute approximate surface area is 144 Å². The van der Waals surface area contributed by atoms with Crippen molar-refractivity contribution in [1.29, 1.82) is 0 Å². The lowest BCUT2D eigenvalue weighted by atomic mass is 9.85. The number of rotatable bonds is 2. The molecule has 0 spiro atoms. The molecule has 1 aromatic carbocycles. The van der Waals surface area contributed by atoms with Crippen LogP contribution >= 0.6 is 0 Å². The van der Waals surface area contributed by atoms with Crippen molar-refractivity contribution in [2.24, 2.45) is 11.0 Å². The van der Waals surface area contributed by atoms with E-state index in [1.54, 1.807) is 11.0 Å². The molecule has 132 valence electrons. The summed E-state index contributed by atoms with van der Waals surface area (Å²) in [6.07, 6.45) is 1.48. The van der Waals surface area contributed by atoms with Gasteiger partial charge in [-0.25, -0.2) is 15.2 Å². The van der Waals surface area contributed by atoms with Crippen LogP contribution in [0.5, 0.6) is 0 Å². The van der Waals surface area contributed by atoms with Crippen LogP contribution in [0.1, 0.15) is 30.9 Å². The first-order chi connectivity index (χ1) is 12.1. The Balaban J connectivity index is 1.50. The summed E-state index contributed by atoms with van der Waals surface area (Å²) in [6, 6.07) is 6.74. The minimum atomic E-state index is -0.265. The van der Waals surface area contributed by atoms with E-state index in [0.717, 1.165) is 12.0 Å². The molecule has 2 saturated heterocycles. The van der Waals surface area contributed by atoms with Crippen molar-refractivity contribution in [2.45, 2.75) is 31.3 Å². The summed E-state index contributed by atoms with van der Waals surface area (Å²) in [5.41, 5.74) is 10.2. The summed E-state index contributed by atoms with van der Waals surface area (Å²) >= 11 is 0. The Hall–Kier alpha value is -2.32. The van der Waals surface area contributed by atoms with Gasteiger partial charge in [0.25, 0.3) is 5.91 Å². The number of fused-ring (bicyclic) bond motifs is 1. The molecule has 0 radical (unpaired) electrons. The maximum atomic E-state index is 13.6. The van der Waals surface area contributed by atoms with Gasteiger partial charge in [0.15, 0.2) is 0 Å². The van der Waals surface area contributed by atoms with Gasteiger partial charge in [0.05, 0.1) is 6.04 Å². The molecular weight excluding hydrogens is 325 g/mol. The van der Waals surface area contributed by atoms with Crippen LogP contribution in [-0.2, 0) is 9.59 Å². The molecule has 3 unspecified atom stereocenters. The van der Waals surface area contributed by atoms with Gasteiger partial charge in [0.1, 0.15) is 11.5 Å². The summed E-state index contributed by atoms with van der Waals surface area (Å²) in [5, 5.41) is 3.90. The maximum Gasteiger partial charge on any atom is 0.270 e. The molecule has 0 saturated carbocycles. The number of benzene rings is 1. The smallest absolute Gasteiger partial charge is 0.270 e. The molecule has 2 fully saturated rings. The van der Waals surface area contributed by atoms with Crippen LogP contribution in [0.3, 0.4) is 0 Å². The topological polar surface area (TPSA) is 85.8 Å². The number of likely N-dealkylation sites (tertiary alicyclic amines) is 1. The van der Waals surface area contributed by atoms with E-state index in [1.807, 2.05) is 6.07 Å². The van der Waals surface area contributed by atoms with E-state index < -0.39 is 0 Å². The minimum absolute atomic E-state index is 0.0516. The lowest BCUT2D eigenvalue weighted by Crippen LogP contribution is -2.50. The molecule has 3 aliphatic heterocycles. The van der Waals surface area contributed by atoms with Gasteiger partial charge in [0, 0.05) is 37.9 Å². The van der Waals surface area contributed by atoms with Gasteiger partial charge in [0.2, 0.25) is 5.91 Å². The Morgan fingerprint density at radius 2 is 2.16 bits per heavy atom. The fraction of sp³-hybridized carbons (Fsp3) is 0.471. The van der Waals surface area contributed by atoms with Crippen molar-refractivity contribution in [3.8, 4) is 0 Å². The molecule has 3 N–H and O–H groups in total. The fourth-order valence-corrected chi connectivity index (χ4v) is 3.83. The molecule has 2 amide bonds. The number of carbonyl (C=O) groups is 2. The Morgan fingerprint density at radius 1 is 1.28 bits per heavy atom. The van der Waals surface area contributed by atoms with Crippen molar-refractivity contribution in [2.75, 3.05) is 13.1 Å². The summed E-state index contributed by atoms with van der Waals surface area (Å²) in [6.45, 7) is 1.20. The second-order valence-electron chi connectivity index (χ2n) is 6.73. The van der Waals surface area contributed by atoms with Gasteiger partial charge in [-0.1, -0.05) is 12.1 Å². The van der Waals surface area contributed by atoms with Gasteiger partial charge in [-0.2, -0.15) is 5.10 Å². The molecule has 0 bridgehead atoms. The molecule has 3 atom stereocenters. The predicted molar refractivity (Wildman–Crippen MR) is 88.7 cm³/mol. The van der Waals surface area contributed by atoms with E-state index in [1.165, 1.54) is 12.1 Å². The number of piperidine rings is 1. The van der Waals surface area contributed by atoms with Crippen LogP contribution in [0.15, 0.2) is 29.4 Å². The van der Waals surface area contributed by atoms with Gasteiger partial charge >= 0.3 is 0 Å². The molecule has 4 rings (SSSR count). The summed E-state index contributed by atoms with van der Waals surface area (Å²) in [4.78, 5) is 25.7. The number of nitrogens with zero attached hydrogens (tertiary/aromatic N) is 2. The van der Waals surface area contributed by atoms with E-state index in [4.69, 9.17) is 0 Å². The average Bonchev–Trinajstić information content (AvgIpc) is 3.05. The van der Waals surface area contributed by atoms with Crippen LogP contribution in [0.4, 0.5) is 4.39 Å².